The van der Waals surface area contributed by atoms with E-state index in [1.165, 1.54) is 31.4 Å². The van der Waals surface area contributed by atoms with E-state index in [2.05, 4.69) is 15.0 Å². The number of aromatic nitrogens is 1. The monoisotopic (exact) mass is 363 g/mol. The number of nitrogens with zero attached hydrogens (tertiary/aromatic N) is 1. The van der Waals surface area contributed by atoms with Crippen LogP contribution >= 0.6 is 23.2 Å². The number of H-pyrrole nitrogens is 1. The summed E-state index contributed by atoms with van der Waals surface area (Å²) in [4.78, 5) is 26.3. The molecule has 0 fully saturated rings. The largest absolute Gasteiger partial charge is 0.464 e. The normalized spacial score (nSPS) is 10.8. The van der Waals surface area contributed by atoms with Crippen molar-refractivity contribution in [2.45, 2.75) is 0 Å². The van der Waals surface area contributed by atoms with Crippen LogP contribution in [0.3, 0.4) is 0 Å². The van der Waals surface area contributed by atoms with E-state index in [1.807, 2.05) is 0 Å². The maximum absolute atomic E-state index is 12.2. The third-order valence-electron chi connectivity index (χ3n) is 2.96. The third kappa shape index (κ3) is 4.16. The highest BCUT2D eigenvalue weighted by atomic mass is 35.5. The molecule has 2 aromatic rings. The smallest absolute Gasteiger partial charge is 0.354 e. The first-order valence-corrected chi connectivity index (χ1v) is 7.35. The fourth-order valence-corrected chi connectivity index (χ4v) is 2.15. The molecule has 0 unspecified atom stereocenters. The number of benzene rings is 1. The predicted octanol–water partition coefficient (Wildman–Crippen LogP) is 3.65. The van der Waals surface area contributed by atoms with E-state index in [9.17, 15) is 14.9 Å². The third-order valence-corrected chi connectivity index (χ3v) is 3.52. The van der Waals surface area contributed by atoms with Crippen molar-refractivity contribution in [2.75, 3.05) is 12.4 Å². The van der Waals surface area contributed by atoms with Crippen LogP contribution in [0.1, 0.15) is 16.2 Å². The number of hydrogen-bond acceptors (Lipinski definition) is 4. The predicted molar refractivity (Wildman–Crippen MR) is 90.8 cm³/mol. The standard InChI is InChI=1S/C16H11Cl2N3O3/c1-24-16(23)13-5-3-11(20-13)6-9(8-19)15(22)21-14-7-10(17)2-4-12(14)18/h2-7,20H,1H3,(H,21,22)/b9-6+. The molecule has 0 saturated carbocycles. The molecule has 1 aromatic heterocycles. The average molecular weight is 364 g/mol. The fraction of sp³-hybridized carbons (Fsp3) is 0.0625. The van der Waals surface area contributed by atoms with Crippen molar-refractivity contribution in [1.82, 2.24) is 4.98 Å². The van der Waals surface area contributed by atoms with Gasteiger partial charge in [0.15, 0.2) is 0 Å². The Hall–Kier alpha value is -2.75. The van der Waals surface area contributed by atoms with E-state index in [0.717, 1.165) is 0 Å². The lowest BCUT2D eigenvalue weighted by Gasteiger charge is -2.06. The van der Waals surface area contributed by atoms with Crippen molar-refractivity contribution in [3.05, 3.63) is 57.3 Å². The zero-order valence-electron chi connectivity index (χ0n) is 12.4. The average Bonchev–Trinajstić information content (AvgIpc) is 3.03. The lowest BCUT2D eigenvalue weighted by atomic mass is 10.2. The number of esters is 1. The summed E-state index contributed by atoms with van der Waals surface area (Å²) in [6.45, 7) is 0. The van der Waals surface area contributed by atoms with E-state index in [4.69, 9.17) is 23.2 Å². The quantitative estimate of drug-likeness (QED) is 0.492. The number of rotatable bonds is 4. The Kier molecular flexibility index (Phi) is 5.64. The maximum Gasteiger partial charge on any atom is 0.354 e. The zero-order valence-corrected chi connectivity index (χ0v) is 13.9. The molecule has 0 aliphatic carbocycles. The molecule has 0 spiro atoms. The number of carbonyl (C=O) groups excluding carboxylic acids is 2. The van der Waals surface area contributed by atoms with Gasteiger partial charge in [0.05, 0.1) is 17.8 Å². The Labute approximate surface area is 147 Å². The highest BCUT2D eigenvalue weighted by molar-refractivity contribution is 6.36. The molecule has 0 atom stereocenters. The number of nitrogens with one attached hydrogen (secondary N) is 2. The Bertz CT molecular complexity index is 866. The molecule has 8 heteroatoms. The van der Waals surface area contributed by atoms with Gasteiger partial charge in [-0.1, -0.05) is 23.2 Å². The molecule has 2 N–H and O–H groups in total. The molecule has 0 saturated heterocycles. The van der Waals surface area contributed by atoms with Crippen LogP contribution < -0.4 is 5.32 Å². The second-order valence-corrected chi connectivity index (χ2v) is 5.41. The number of aromatic amines is 1. The van der Waals surface area contributed by atoms with E-state index in [1.54, 1.807) is 18.2 Å². The molecule has 1 amide bonds. The number of methoxy groups -OCH3 is 1. The van der Waals surface area contributed by atoms with Gasteiger partial charge < -0.3 is 15.0 Å². The van der Waals surface area contributed by atoms with Gasteiger partial charge in [-0.3, -0.25) is 4.79 Å². The van der Waals surface area contributed by atoms with Crippen molar-refractivity contribution in [3.8, 4) is 6.07 Å². The first-order chi connectivity index (χ1) is 11.4. The van der Waals surface area contributed by atoms with Gasteiger partial charge >= 0.3 is 5.97 Å². The highest BCUT2D eigenvalue weighted by Crippen LogP contribution is 2.25. The Balaban J connectivity index is 2.22. The van der Waals surface area contributed by atoms with Gasteiger partial charge in [0.1, 0.15) is 17.3 Å². The van der Waals surface area contributed by atoms with Crippen molar-refractivity contribution >= 4 is 46.8 Å². The van der Waals surface area contributed by atoms with Crippen molar-refractivity contribution < 1.29 is 14.3 Å². The highest BCUT2D eigenvalue weighted by Gasteiger charge is 2.13. The van der Waals surface area contributed by atoms with Gasteiger partial charge in [-0.05, 0) is 36.4 Å². The Morgan fingerprint density at radius 3 is 2.71 bits per heavy atom. The molecule has 6 nitrogen and oxygen atoms in total. The van der Waals surface area contributed by atoms with Crippen molar-refractivity contribution in [1.29, 1.82) is 5.26 Å². The van der Waals surface area contributed by atoms with Crippen LogP contribution in [0.2, 0.25) is 10.0 Å². The molecule has 1 aromatic carbocycles. The first-order valence-electron chi connectivity index (χ1n) is 6.60. The molecule has 0 aliphatic heterocycles. The molecular weight excluding hydrogens is 353 g/mol. The minimum atomic E-state index is -0.657. The zero-order chi connectivity index (χ0) is 17.7. The number of hydrogen-bond donors (Lipinski definition) is 2. The van der Waals surface area contributed by atoms with Crippen LogP contribution in [0.5, 0.6) is 0 Å². The van der Waals surface area contributed by atoms with Crippen molar-refractivity contribution in [2.24, 2.45) is 0 Å². The molecule has 2 rings (SSSR count). The number of carbonyl (C=O) groups is 2. The van der Waals surface area contributed by atoms with Gasteiger partial charge in [-0.15, -0.1) is 0 Å². The molecule has 24 heavy (non-hydrogen) atoms. The second-order valence-electron chi connectivity index (χ2n) is 4.57. The molecule has 0 radical (unpaired) electrons. The topological polar surface area (TPSA) is 95.0 Å². The summed E-state index contributed by atoms with van der Waals surface area (Å²) < 4.78 is 4.57. The summed E-state index contributed by atoms with van der Waals surface area (Å²) in [5, 5.41) is 12.4. The number of amides is 1. The van der Waals surface area contributed by atoms with Crippen LogP contribution in [0, 0.1) is 11.3 Å². The first kappa shape index (κ1) is 17.6. The molecular formula is C16H11Cl2N3O3. The van der Waals surface area contributed by atoms with Gasteiger partial charge in [0, 0.05) is 10.7 Å². The molecule has 0 aliphatic rings. The summed E-state index contributed by atoms with van der Waals surface area (Å²) in [5.74, 6) is -1.21. The second kappa shape index (κ2) is 7.68. The number of halogens is 2. The molecule has 0 bridgehead atoms. The minimum Gasteiger partial charge on any atom is -0.464 e. The van der Waals surface area contributed by atoms with Crippen LogP contribution in [0.4, 0.5) is 5.69 Å². The van der Waals surface area contributed by atoms with E-state index >= 15 is 0 Å². The van der Waals surface area contributed by atoms with Gasteiger partial charge in [-0.2, -0.15) is 5.26 Å². The summed E-state index contributed by atoms with van der Waals surface area (Å²) in [5.41, 5.74) is 0.722. The number of nitriles is 1. The SMILES string of the molecule is COC(=O)c1ccc(/C=C(\C#N)C(=O)Nc2cc(Cl)ccc2Cl)[nH]1. The molecule has 122 valence electrons. The lowest BCUT2D eigenvalue weighted by Crippen LogP contribution is -2.13. The lowest BCUT2D eigenvalue weighted by molar-refractivity contribution is -0.112. The van der Waals surface area contributed by atoms with Crippen LogP contribution in [-0.2, 0) is 9.53 Å². The van der Waals surface area contributed by atoms with Gasteiger partial charge in [-0.25, -0.2) is 4.79 Å². The van der Waals surface area contributed by atoms with Crippen LogP contribution in [-0.4, -0.2) is 24.0 Å². The van der Waals surface area contributed by atoms with Crippen LogP contribution in [0.15, 0.2) is 35.9 Å². The number of ether oxygens (including phenoxy) is 1. The fourth-order valence-electron chi connectivity index (χ4n) is 1.81. The maximum atomic E-state index is 12.2. The van der Waals surface area contributed by atoms with Gasteiger partial charge in [0.25, 0.3) is 5.91 Å². The summed E-state index contributed by atoms with van der Waals surface area (Å²) >= 11 is 11.8. The van der Waals surface area contributed by atoms with Crippen molar-refractivity contribution in [3.63, 3.8) is 0 Å². The van der Waals surface area contributed by atoms with Crippen LogP contribution in [0.25, 0.3) is 6.08 Å². The summed E-state index contributed by atoms with van der Waals surface area (Å²) in [6.07, 6.45) is 1.31. The summed E-state index contributed by atoms with van der Waals surface area (Å²) in [7, 11) is 1.25. The molecule has 1 heterocycles. The number of anilines is 1. The van der Waals surface area contributed by atoms with Gasteiger partial charge in [0.2, 0.25) is 0 Å². The minimum absolute atomic E-state index is 0.177. The van der Waals surface area contributed by atoms with E-state index in [0.29, 0.717) is 10.7 Å². The Morgan fingerprint density at radius 2 is 2.04 bits per heavy atom. The van der Waals surface area contributed by atoms with E-state index in [-0.39, 0.29) is 22.0 Å². The van der Waals surface area contributed by atoms with E-state index < -0.39 is 11.9 Å². The summed E-state index contributed by atoms with van der Waals surface area (Å²) in [6, 6.07) is 9.40. The Morgan fingerprint density at radius 1 is 1.29 bits per heavy atom.